The average Bonchev–Trinajstić information content (AvgIpc) is 3.04. The van der Waals surface area contributed by atoms with Crippen LogP contribution in [0.3, 0.4) is 0 Å². The minimum Gasteiger partial charge on any atom is -0.378 e. The Morgan fingerprint density at radius 1 is 1.16 bits per heavy atom. The molecule has 1 aliphatic carbocycles. The van der Waals surface area contributed by atoms with Crippen LogP contribution in [0.25, 0.3) is 0 Å². The predicted molar refractivity (Wildman–Crippen MR) is 106 cm³/mol. The Kier molecular flexibility index (Phi) is 8.04. The van der Waals surface area contributed by atoms with E-state index in [1.807, 2.05) is 11.8 Å². The van der Waals surface area contributed by atoms with Crippen LogP contribution in [-0.2, 0) is 9.53 Å². The first-order valence-corrected chi connectivity index (χ1v) is 9.34. The van der Waals surface area contributed by atoms with Crippen LogP contribution in [0.1, 0.15) is 52.9 Å². The Hall–Kier alpha value is -0.0700. The van der Waals surface area contributed by atoms with Crippen LogP contribution in [-0.4, -0.2) is 66.2 Å². The molecule has 3 atom stereocenters. The number of nitrogens with two attached hydrogens (primary N) is 1. The number of piperidine rings is 1. The second-order valence-electron chi connectivity index (χ2n) is 8.13. The van der Waals surface area contributed by atoms with Gasteiger partial charge in [-0.2, -0.15) is 0 Å². The van der Waals surface area contributed by atoms with E-state index in [2.05, 4.69) is 18.7 Å². The molecule has 2 heterocycles. The molecule has 3 fully saturated rings. The zero-order chi connectivity index (χ0) is 16.7. The van der Waals surface area contributed by atoms with Gasteiger partial charge >= 0.3 is 0 Å². The smallest absolute Gasteiger partial charge is 0.243 e. The molecule has 2 saturated heterocycles. The second kappa shape index (κ2) is 8.75. The zero-order valence-electron chi connectivity index (χ0n) is 15.8. The van der Waals surface area contributed by atoms with Gasteiger partial charge in [-0.05, 0) is 39.3 Å². The molecule has 0 aromatic rings. The molecule has 5 nitrogen and oxygen atoms in total. The van der Waals surface area contributed by atoms with Gasteiger partial charge in [0.25, 0.3) is 0 Å². The van der Waals surface area contributed by atoms with E-state index in [9.17, 15) is 4.79 Å². The second-order valence-corrected chi connectivity index (χ2v) is 8.13. The first-order chi connectivity index (χ1) is 10.9. The molecule has 1 saturated carbocycles. The lowest BCUT2D eigenvalue weighted by Gasteiger charge is -2.58. The van der Waals surface area contributed by atoms with E-state index >= 15 is 0 Å². The first-order valence-electron chi connectivity index (χ1n) is 9.34. The standard InChI is InChI=1S/C18H33N3O2.2ClH/c1-4-23-15-12-18(19,17(15,2)3)16(22)21-11-8-14(13-21)20-9-6-5-7-10-20;;/h14-15H,4-13,19H2,1-3H3;2*1H. The summed E-state index contributed by atoms with van der Waals surface area (Å²) >= 11 is 0. The third-order valence-electron chi connectivity index (χ3n) is 6.57. The molecular formula is C18H35Cl2N3O2. The van der Waals surface area contributed by atoms with Crippen LogP contribution in [0.4, 0.5) is 0 Å². The minimum atomic E-state index is -0.760. The van der Waals surface area contributed by atoms with Crippen molar-refractivity contribution in [3.63, 3.8) is 0 Å². The van der Waals surface area contributed by atoms with Gasteiger partial charge in [0.05, 0.1) is 6.10 Å². The molecular weight excluding hydrogens is 361 g/mol. The first kappa shape index (κ1) is 23.0. The fourth-order valence-electron chi connectivity index (χ4n) is 4.59. The van der Waals surface area contributed by atoms with Crippen molar-refractivity contribution in [1.82, 2.24) is 9.80 Å². The Morgan fingerprint density at radius 3 is 2.36 bits per heavy atom. The third kappa shape index (κ3) is 3.96. The topological polar surface area (TPSA) is 58.8 Å². The van der Waals surface area contributed by atoms with Crippen LogP contribution in [0.5, 0.6) is 0 Å². The molecule has 0 aromatic carbocycles. The molecule has 148 valence electrons. The summed E-state index contributed by atoms with van der Waals surface area (Å²) in [5.74, 6) is 0.137. The summed E-state index contributed by atoms with van der Waals surface area (Å²) in [6.45, 7) is 10.9. The lowest BCUT2D eigenvalue weighted by atomic mass is 9.54. The van der Waals surface area contributed by atoms with Crippen LogP contribution >= 0.6 is 24.8 Å². The van der Waals surface area contributed by atoms with E-state index in [1.165, 1.54) is 32.4 Å². The van der Waals surface area contributed by atoms with Crippen LogP contribution in [0.2, 0.25) is 0 Å². The quantitative estimate of drug-likeness (QED) is 0.793. The van der Waals surface area contributed by atoms with E-state index in [1.54, 1.807) is 0 Å². The number of likely N-dealkylation sites (tertiary alicyclic amines) is 2. The largest absolute Gasteiger partial charge is 0.378 e. The third-order valence-corrected chi connectivity index (χ3v) is 6.57. The molecule has 25 heavy (non-hydrogen) atoms. The van der Waals surface area contributed by atoms with Gasteiger partial charge in [-0.1, -0.05) is 20.3 Å². The van der Waals surface area contributed by atoms with E-state index in [4.69, 9.17) is 10.5 Å². The zero-order valence-corrected chi connectivity index (χ0v) is 17.5. The maximum Gasteiger partial charge on any atom is 0.243 e. The van der Waals surface area contributed by atoms with Gasteiger partial charge in [-0.25, -0.2) is 0 Å². The number of ether oxygens (including phenoxy) is 1. The Morgan fingerprint density at radius 2 is 1.80 bits per heavy atom. The van der Waals surface area contributed by atoms with Crippen LogP contribution < -0.4 is 5.73 Å². The van der Waals surface area contributed by atoms with E-state index in [0.29, 0.717) is 19.1 Å². The van der Waals surface area contributed by atoms with E-state index in [-0.39, 0.29) is 42.2 Å². The van der Waals surface area contributed by atoms with Crippen molar-refractivity contribution in [2.75, 3.05) is 32.8 Å². The summed E-state index contributed by atoms with van der Waals surface area (Å²) in [6.07, 6.45) is 5.80. The number of hydrogen-bond acceptors (Lipinski definition) is 4. The van der Waals surface area contributed by atoms with Crippen molar-refractivity contribution in [2.24, 2.45) is 11.1 Å². The van der Waals surface area contributed by atoms with Gasteiger partial charge in [0, 0.05) is 37.6 Å². The van der Waals surface area contributed by atoms with Gasteiger partial charge in [0.15, 0.2) is 0 Å². The van der Waals surface area contributed by atoms with E-state index in [0.717, 1.165) is 19.5 Å². The highest BCUT2D eigenvalue weighted by Crippen LogP contribution is 2.50. The van der Waals surface area contributed by atoms with Gasteiger partial charge in [-0.15, -0.1) is 24.8 Å². The summed E-state index contributed by atoms with van der Waals surface area (Å²) in [4.78, 5) is 17.7. The van der Waals surface area contributed by atoms with Gasteiger partial charge in [0.2, 0.25) is 5.91 Å². The SMILES string of the molecule is CCOC1CC(N)(C(=O)N2CCC(N3CCCCC3)C2)C1(C)C.Cl.Cl. The van der Waals surface area contributed by atoms with E-state index < -0.39 is 5.54 Å². The molecule has 7 heteroatoms. The molecule has 3 aliphatic rings. The molecule has 2 N–H and O–H groups in total. The number of hydrogen-bond donors (Lipinski definition) is 1. The molecule has 0 spiro atoms. The normalized spacial score (nSPS) is 34.6. The predicted octanol–water partition coefficient (Wildman–Crippen LogP) is 2.45. The summed E-state index contributed by atoms with van der Waals surface area (Å²) < 4.78 is 5.76. The number of nitrogens with zero attached hydrogens (tertiary/aromatic N) is 2. The highest BCUT2D eigenvalue weighted by molar-refractivity contribution is 5.89. The van der Waals surface area contributed by atoms with Gasteiger partial charge < -0.3 is 15.4 Å². The summed E-state index contributed by atoms with van der Waals surface area (Å²) in [7, 11) is 0. The lowest BCUT2D eigenvalue weighted by Crippen LogP contribution is -2.76. The number of amides is 1. The molecule has 0 bridgehead atoms. The Balaban J connectivity index is 0.00000156. The van der Waals surface area contributed by atoms with Crippen molar-refractivity contribution in [3.8, 4) is 0 Å². The van der Waals surface area contributed by atoms with Crippen molar-refractivity contribution < 1.29 is 9.53 Å². The molecule has 3 rings (SSSR count). The Labute approximate surface area is 164 Å². The maximum atomic E-state index is 13.1. The van der Waals surface area contributed by atoms with Crippen molar-refractivity contribution >= 4 is 30.7 Å². The molecule has 0 radical (unpaired) electrons. The molecule has 3 unspecified atom stereocenters. The lowest BCUT2D eigenvalue weighted by molar-refractivity contribution is -0.178. The number of carbonyl (C=O) groups excluding carboxylic acids is 1. The van der Waals surface area contributed by atoms with Crippen molar-refractivity contribution in [3.05, 3.63) is 0 Å². The highest BCUT2D eigenvalue weighted by atomic mass is 35.5. The summed E-state index contributed by atoms with van der Waals surface area (Å²) in [6, 6.07) is 0.536. The number of halogens is 2. The fraction of sp³-hybridized carbons (Fsp3) is 0.944. The summed E-state index contributed by atoms with van der Waals surface area (Å²) in [5, 5.41) is 0. The monoisotopic (exact) mass is 395 g/mol. The van der Waals surface area contributed by atoms with Crippen molar-refractivity contribution in [2.45, 2.75) is 70.6 Å². The van der Waals surface area contributed by atoms with Crippen LogP contribution in [0.15, 0.2) is 0 Å². The Bertz CT molecular complexity index is 458. The maximum absolute atomic E-state index is 13.1. The minimum absolute atomic E-state index is 0. The van der Waals surface area contributed by atoms with Crippen LogP contribution in [0, 0.1) is 5.41 Å². The molecule has 0 aromatic heterocycles. The molecule has 2 aliphatic heterocycles. The van der Waals surface area contributed by atoms with Crippen molar-refractivity contribution in [1.29, 1.82) is 0 Å². The molecule has 1 amide bonds. The fourth-order valence-corrected chi connectivity index (χ4v) is 4.59. The van der Waals surface area contributed by atoms with Gasteiger partial charge in [-0.3, -0.25) is 9.69 Å². The highest BCUT2D eigenvalue weighted by Gasteiger charge is 2.64. The number of rotatable bonds is 4. The summed E-state index contributed by atoms with van der Waals surface area (Å²) in [5.41, 5.74) is 5.52. The number of carbonyl (C=O) groups is 1. The van der Waals surface area contributed by atoms with Gasteiger partial charge in [0.1, 0.15) is 5.54 Å². The average molecular weight is 396 g/mol.